The van der Waals surface area contributed by atoms with E-state index in [1.165, 1.54) is 0 Å². The second kappa shape index (κ2) is 5.45. The largest absolute Gasteiger partial charge is 0.271 e. The number of hydrogen-bond donors (Lipinski definition) is 0. The molecular weight excluding hydrogens is 142 g/mol. The Balaban J connectivity index is 3.12. The van der Waals surface area contributed by atoms with Crippen molar-refractivity contribution in [3.05, 3.63) is 0 Å². The van der Waals surface area contributed by atoms with E-state index in [9.17, 15) is 0 Å². The fourth-order valence-corrected chi connectivity index (χ4v) is 0.984. The van der Waals surface area contributed by atoms with Gasteiger partial charge in [0.15, 0.2) is 4.50 Å². The molecule has 0 aromatic rings. The van der Waals surface area contributed by atoms with Crippen LogP contribution in [0.3, 0.4) is 0 Å². The highest BCUT2D eigenvalue weighted by atomic mass is 35.5. The van der Waals surface area contributed by atoms with Gasteiger partial charge in [-0.05, 0) is 6.42 Å². The monoisotopic (exact) mass is 151 g/mol. The van der Waals surface area contributed by atoms with Gasteiger partial charge in [0.05, 0.1) is 0 Å². The van der Waals surface area contributed by atoms with Crippen LogP contribution in [0.15, 0.2) is 4.99 Å². The molecule has 0 saturated carbocycles. The fraction of sp³-hybridized carbons (Fsp3) is 0.800. The van der Waals surface area contributed by atoms with Gasteiger partial charge in [-0.1, -0.05) is 30.3 Å². The second-order valence-corrected chi connectivity index (χ2v) is 2.99. The smallest absolute Gasteiger partial charge is 0.157 e. The SMILES string of the molecule is CCCSC(Cl)=NC. The van der Waals surface area contributed by atoms with Crippen molar-refractivity contribution in [3.63, 3.8) is 0 Å². The molecule has 0 saturated heterocycles. The molecular formula is C5H10ClNS. The first-order valence-electron chi connectivity index (χ1n) is 2.56. The van der Waals surface area contributed by atoms with E-state index in [1.54, 1.807) is 18.8 Å². The summed E-state index contributed by atoms with van der Waals surface area (Å²) in [4.78, 5) is 3.77. The molecule has 1 nitrogen and oxygen atoms in total. The Morgan fingerprint density at radius 2 is 2.38 bits per heavy atom. The molecule has 0 heterocycles. The maximum Gasteiger partial charge on any atom is 0.157 e. The predicted octanol–water partition coefficient (Wildman–Crippen LogP) is 2.35. The normalized spacial score (nSPS) is 12.1. The molecule has 0 N–H and O–H groups in total. The summed E-state index contributed by atoms with van der Waals surface area (Å²) in [6, 6.07) is 0. The molecule has 0 rings (SSSR count). The van der Waals surface area contributed by atoms with Crippen LogP contribution in [-0.2, 0) is 0 Å². The third-order valence-corrected chi connectivity index (χ3v) is 2.13. The van der Waals surface area contributed by atoms with E-state index in [0.29, 0.717) is 4.50 Å². The van der Waals surface area contributed by atoms with Gasteiger partial charge in [-0.2, -0.15) is 0 Å². The fourth-order valence-electron chi connectivity index (χ4n) is 0.251. The summed E-state index contributed by atoms with van der Waals surface area (Å²) in [6.07, 6.45) is 1.15. The van der Waals surface area contributed by atoms with E-state index in [2.05, 4.69) is 11.9 Å². The molecule has 0 bridgehead atoms. The summed E-state index contributed by atoms with van der Waals surface area (Å²) in [6.45, 7) is 2.12. The van der Waals surface area contributed by atoms with Crippen LogP contribution < -0.4 is 0 Å². The average molecular weight is 152 g/mol. The summed E-state index contributed by atoms with van der Waals surface area (Å²) in [5.74, 6) is 1.07. The van der Waals surface area contributed by atoms with Crippen molar-refractivity contribution in [3.8, 4) is 0 Å². The van der Waals surface area contributed by atoms with Crippen LogP contribution in [-0.4, -0.2) is 17.3 Å². The van der Waals surface area contributed by atoms with Crippen molar-refractivity contribution in [1.82, 2.24) is 0 Å². The van der Waals surface area contributed by atoms with Crippen LogP contribution in [0.2, 0.25) is 0 Å². The molecule has 48 valence electrons. The molecule has 0 aromatic heterocycles. The van der Waals surface area contributed by atoms with Gasteiger partial charge in [0.25, 0.3) is 0 Å². The van der Waals surface area contributed by atoms with Gasteiger partial charge in [0, 0.05) is 12.8 Å². The minimum atomic E-state index is 0.659. The van der Waals surface area contributed by atoms with Crippen molar-refractivity contribution in [1.29, 1.82) is 0 Å². The van der Waals surface area contributed by atoms with Crippen molar-refractivity contribution >= 4 is 27.9 Å². The number of hydrogen-bond acceptors (Lipinski definition) is 2. The quantitative estimate of drug-likeness (QED) is 0.436. The highest BCUT2D eigenvalue weighted by Crippen LogP contribution is 2.07. The second-order valence-electron chi connectivity index (χ2n) is 1.33. The highest BCUT2D eigenvalue weighted by molar-refractivity contribution is 8.16. The van der Waals surface area contributed by atoms with Crippen LogP contribution in [0, 0.1) is 0 Å². The zero-order valence-electron chi connectivity index (χ0n) is 5.15. The molecule has 3 heteroatoms. The molecule has 0 amide bonds. The molecule has 0 aliphatic heterocycles. The molecule has 0 radical (unpaired) electrons. The van der Waals surface area contributed by atoms with Gasteiger partial charge in [0.2, 0.25) is 0 Å². The molecule has 0 unspecified atom stereocenters. The van der Waals surface area contributed by atoms with Crippen LogP contribution in [0.1, 0.15) is 13.3 Å². The van der Waals surface area contributed by atoms with E-state index in [1.807, 2.05) is 0 Å². The van der Waals surface area contributed by atoms with E-state index in [4.69, 9.17) is 11.6 Å². The molecule has 0 spiro atoms. The first-order chi connectivity index (χ1) is 3.81. The van der Waals surface area contributed by atoms with Crippen molar-refractivity contribution < 1.29 is 0 Å². The summed E-state index contributed by atoms with van der Waals surface area (Å²) in [7, 11) is 1.70. The van der Waals surface area contributed by atoms with Crippen molar-refractivity contribution in [2.24, 2.45) is 4.99 Å². The minimum Gasteiger partial charge on any atom is -0.271 e. The Bertz CT molecular complexity index is 82.5. The van der Waals surface area contributed by atoms with E-state index in [0.717, 1.165) is 12.2 Å². The standard InChI is InChI=1S/C5H10ClNS/c1-3-4-8-5(6)7-2/h3-4H2,1-2H3. The topological polar surface area (TPSA) is 12.4 Å². The van der Waals surface area contributed by atoms with Crippen LogP contribution in [0.25, 0.3) is 0 Å². The first kappa shape index (κ1) is 8.31. The number of aliphatic imine (C=N–C) groups is 1. The van der Waals surface area contributed by atoms with E-state index < -0.39 is 0 Å². The molecule has 0 aliphatic rings. The maximum atomic E-state index is 5.56. The lowest BCUT2D eigenvalue weighted by atomic mass is 10.6. The molecule has 0 aliphatic carbocycles. The van der Waals surface area contributed by atoms with Gasteiger partial charge in [-0.3, -0.25) is 4.99 Å². The first-order valence-corrected chi connectivity index (χ1v) is 3.92. The third kappa shape index (κ3) is 4.47. The van der Waals surface area contributed by atoms with Gasteiger partial charge in [-0.25, -0.2) is 0 Å². The van der Waals surface area contributed by atoms with Gasteiger partial charge in [-0.15, -0.1) is 0 Å². The predicted molar refractivity (Wildman–Crippen MR) is 42.0 cm³/mol. The Hall–Kier alpha value is 0.310. The van der Waals surface area contributed by atoms with Crippen LogP contribution in [0.5, 0.6) is 0 Å². The molecule has 0 fully saturated rings. The van der Waals surface area contributed by atoms with Gasteiger partial charge in [0.1, 0.15) is 0 Å². The summed E-state index contributed by atoms with van der Waals surface area (Å²) < 4.78 is 0.659. The summed E-state index contributed by atoms with van der Waals surface area (Å²) >= 11 is 7.15. The zero-order valence-corrected chi connectivity index (χ0v) is 6.72. The van der Waals surface area contributed by atoms with Crippen LogP contribution in [0.4, 0.5) is 0 Å². The minimum absolute atomic E-state index is 0.659. The Kier molecular flexibility index (Phi) is 5.66. The van der Waals surface area contributed by atoms with Gasteiger partial charge >= 0.3 is 0 Å². The molecule has 0 aromatic carbocycles. The number of halogens is 1. The lowest BCUT2D eigenvalue weighted by molar-refractivity contribution is 1.11. The zero-order chi connectivity index (χ0) is 6.41. The average Bonchev–Trinajstić information content (AvgIpc) is 1.83. The molecule has 8 heavy (non-hydrogen) atoms. The summed E-state index contributed by atoms with van der Waals surface area (Å²) in [5, 5.41) is 0. The molecule has 0 atom stereocenters. The number of rotatable bonds is 2. The lowest BCUT2D eigenvalue weighted by Crippen LogP contribution is -1.80. The Morgan fingerprint density at radius 1 is 1.75 bits per heavy atom. The van der Waals surface area contributed by atoms with Crippen molar-refractivity contribution in [2.45, 2.75) is 13.3 Å². The Morgan fingerprint density at radius 3 is 2.75 bits per heavy atom. The maximum absolute atomic E-state index is 5.56. The lowest BCUT2D eigenvalue weighted by Gasteiger charge is -1.90. The van der Waals surface area contributed by atoms with Gasteiger partial charge < -0.3 is 0 Å². The van der Waals surface area contributed by atoms with Crippen LogP contribution >= 0.6 is 23.4 Å². The highest BCUT2D eigenvalue weighted by Gasteiger charge is 1.88. The number of thioether (sulfide) groups is 1. The third-order valence-electron chi connectivity index (χ3n) is 0.601. The van der Waals surface area contributed by atoms with E-state index in [-0.39, 0.29) is 0 Å². The summed E-state index contributed by atoms with van der Waals surface area (Å²) in [5.41, 5.74) is 0. The van der Waals surface area contributed by atoms with E-state index >= 15 is 0 Å². The Labute approximate surface area is 59.5 Å². The van der Waals surface area contributed by atoms with Crippen molar-refractivity contribution in [2.75, 3.05) is 12.8 Å². The number of nitrogens with zero attached hydrogens (tertiary/aromatic N) is 1.